The molecule has 0 aliphatic heterocycles. The highest BCUT2D eigenvalue weighted by atomic mass is 16.5. The summed E-state index contributed by atoms with van der Waals surface area (Å²) < 4.78 is 7.54. The van der Waals surface area contributed by atoms with Crippen LogP contribution in [0, 0.1) is 13.8 Å². The highest BCUT2D eigenvalue weighted by molar-refractivity contribution is 5.96. The fourth-order valence-corrected chi connectivity index (χ4v) is 2.57. The van der Waals surface area contributed by atoms with Gasteiger partial charge >= 0.3 is 0 Å². The molecule has 2 rings (SSSR count). The quantitative estimate of drug-likeness (QED) is 0.832. The average Bonchev–Trinajstić information content (AvgIpc) is 2.56. The number of hydrogen-bond donors (Lipinski definition) is 0. The van der Waals surface area contributed by atoms with Gasteiger partial charge in [-0.2, -0.15) is 0 Å². The van der Waals surface area contributed by atoms with E-state index >= 15 is 0 Å². The number of benzene rings is 1. The van der Waals surface area contributed by atoms with Gasteiger partial charge in [0.05, 0.1) is 12.6 Å². The van der Waals surface area contributed by atoms with E-state index in [9.17, 15) is 4.79 Å². The standard InChI is InChI=1S/C15H19NO2/c1-9-6-7-13(18-5)15-14(9)12(8-10(2)17)11(3)16(15)4/h6-7H,8H2,1-5H3. The summed E-state index contributed by atoms with van der Waals surface area (Å²) in [6.07, 6.45) is 0.483. The Hall–Kier alpha value is -1.77. The second-order valence-corrected chi connectivity index (χ2v) is 4.81. The maximum absolute atomic E-state index is 11.4. The minimum atomic E-state index is 0.188. The Balaban J connectivity index is 2.87. The van der Waals surface area contributed by atoms with Crippen LogP contribution in [0.4, 0.5) is 0 Å². The Morgan fingerprint density at radius 2 is 2.00 bits per heavy atom. The smallest absolute Gasteiger partial charge is 0.143 e. The lowest BCUT2D eigenvalue weighted by atomic mass is 10.0. The van der Waals surface area contributed by atoms with Gasteiger partial charge < -0.3 is 9.30 Å². The summed E-state index contributed by atoms with van der Waals surface area (Å²) in [5, 5.41) is 1.16. The van der Waals surface area contributed by atoms with Crippen LogP contribution in [0.5, 0.6) is 5.75 Å². The number of rotatable bonds is 3. The highest BCUT2D eigenvalue weighted by Crippen LogP contribution is 2.34. The van der Waals surface area contributed by atoms with Crippen molar-refractivity contribution in [3.63, 3.8) is 0 Å². The van der Waals surface area contributed by atoms with Gasteiger partial charge in [0.2, 0.25) is 0 Å². The predicted molar refractivity (Wildman–Crippen MR) is 73.3 cm³/mol. The molecule has 1 heterocycles. The molecule has 1 aromatic heterocycles. The molecule has 0 aliphatic carbocycles. The molecule has 0 atom stereocenters. The molecule has 0 aliphatic rings. The molecule has 0 unspecified atom stereocenters. The zero-order valence-electron chi connectivity index (χ0n) is 11.6. The number of fused-ring (bicyclic) bond motifs is 1. The van der Waals surface area contributed by atoms with Crippen molar-refractivity contribution in [2.45, 2.75) is 27.2 Å². The van der Waals surface area contributed by atoms with Gasteiger partial charge in [-0.1, -0.05) is 6.07 Å². The fourth-order valence-electron chi connectivity index (χ4n) is 2.57. The van der Waals surface area contributed by atoms with Crippen molar-refractivity contribution < 1.29 is 9.53 Å². The molecule has 0 saturated heterocycles. The van der Waals surface area contributed by atoms with E-state index in [1.54, 1.807) is 14.0 Å². The summed E-state index contributed by atoms with van der Waals surface area (Å²) >= 11 is 0. The zero-order chi connectivity index (χ0) is 13.4. The first-order valence-electron chi connectivity index (χ1n) is 6.08. The summed E-state index contributed by atoms with van der Waals surface area (Å²) in [4.78, 5) is 11.4. The molecule has 18 heavy (non-hydrogen) atoms. The van der Waals surface area contributed by atoms with Gasteiger partial charge in [-0.25, -0.2) is 0 Å². The first-order valence-corrected chi connectivity index (χ1v) is 6.08. The van der Waals surface area contributed by atoms with Gasteiger partial charge in [0, 0.05) is 24.5 Å². The van der Waals surface area contributed by atoms with Crippen molar-refractivity contribution in [2.75, 3.05) is 7.11 Å². The monoisotopic (exact) mass is 245 g/mol. The van der Waals surface area contributed by atoms with E-state index in [0.717, 1.165) is 27.9 Å². The topological polar surface area (TPSA) is 31.2 Å². The van der Waals surface area contributed by atoms with E-state index in [2.05, 4.69) is 18.4 Å². The number of aromatic nitrogens is 1. The molecular formula is C15H19NO2. The summed E-state index contributed by atoms with van der Waals surface area (Å²) in [5.74, 6) is 1.05. The van der Waals surface area contributed by atoms with E-state index in [1.165, 1.54) is 5.56 Å². The van der Waals surface area contributed by atoms with Gasteiger partial charge in [0.15, 0.2) is 0 Å². The van der Waals surface area contributed by atoms with Crippen molar-refractivity contribution in [3.8, 4) is 5.75 Å². The first-order chi connectivity index (χ1) is 8.47. The lowest BCUT2D eigenvalue weighted by Gasteiger charge is -2.07. The summed E-state index contributed by atoms with van der Waals surface area (Å²) in [5.41, 5.74) is 4.52. The molecule has 96 valence electrons. The summed E-state index contributed by atoms with van der Waals surface area (Å²) in [6, 6.07) is 4.03. The van der Waals surface area contributed by atoms with Gasteiger partial charge in [-0.3, -0.25) is 4.79 Å². The molecule has 0 saturated carbocycles. The zero-order valence-corrected chi connectivity index (χ0v) is 11.6. The lowest BCUT2D eigenvalue weighted by molar-refractivity contribution is -0.116. The van der Waals surface area contributed by atoms with Crippen molar-refractivity contribution in [2.24, 2.45) is 7.05 Å². The number of methoxy groups -OCH3 is 1. The normalized spacial score (nSPS) is 10.9. The molecule has 0 N–H and O–H groups in total. The van der Waals surface area contributed by atoms with E-state index in [0.29, 0.717) is 6.42 Å². The molecule has 3 heteroatoms. The Bertz CT molecular complexity index is 623. The number of aryl methyl sites for hydroxylation is 2. The second-order valence-electron chi connectivity index (χ2n) is 4.81. The SMILES string of the molecule is COc1ccc(C)c2c(CC(C)=O)c(C)n(C)c12. The van der Waals surface area contributed by atoms with Crippen LogP contribution in [-0.4, -0.2) is 17.5 Å². The maximum atomic E-state index is 11.4. The molecule has 0 bridgehead atoms. The Morgan fingerprint density at radius 3 is 2.56 bits per heavy atom. The summed E-state index contributed by atoms with van der Waals surface area (Å²) in [6.45, 7) is 5.76. The molecule has 0 radical (unpaired) electrons. The Morgan fingerprint density at radius 1 is 1.33 bits per heavy atom. The maximum Gasteiger partial charge on any atom is 0.143 e. The third-order valence-corrected chi connectivity index (χ3v) is 3.57. The van der Waals surface area contributed by atoms with E-state index in [1.807, 2.05) is 19.2 Å². The molecule has 0 amide bonds. The van der Waals surface area contributed by atoms with Gasteiger partial charge in [-0.15, -0.1) is 0 Å². The summed E-state index contributed by atoms with van der Waals surface area (Å²) in [7, 11) is 3.69. The van der Waals surface area contributed by atoms with Crippen LogP contribution in [0.2, 0.25) is 0 Å². The minimum Gasteiger partial charge on any atom is -0.495 e. The van der Waals surface area contributed by atoms with Gasteiger partial charge in [0.1, 0.15) is 11.5 Å². The number of hydrogen-bond acceptors (Lipinski definition) is 2. The average molecular weight is 245 g/mol. The van der Waals surface area contributed by atoms with Crippen LogP contribution in [0.1, 0.15) is 23.7 Å². The molecule has 0 spiro atoms. The molecule has 2 aromatic rings. The van der Waals surface area contributed by atoms with Gasteiger partial charge in [-0.05, 0) is 38.0 Å². The number of ether oxygens (including phenoxy) is 1. The van der Waals surface area contributed by atoms with Crippen molar-refractivity contribution in [1.29, 1.82) is 0 Å². The van der Waals surface area contributed by atoms with E-state index in [4.69, 9.17) is 4.74 Å². The third kappa shape index (κ3) is 1.80. The van der Waals surface area contributed by atoms with Crippen molar-refractivity contribution in [3.05, 3.63) is 29.0 Å². The van der Waals surface area contributed by atoms with E-state index < -0.39 is 0 Å². The highest BCUT2D eigenvalue weighted by Gasteiger charge is 2.18. The van der Waals surface area contributed by atoms with Crippen molar-refractivity contribution in [1.82, 2.24) is 4.57 Å². The van der Waals surface area contributed by atoms with Crippen LogP contribution in [0.15, 0.2) is 12.1 Å². The number of carbonyl (C=O) groups excluding carboxylic acids is 1. The number of carbonyl (C=O) groups is 1. The second kappa shape index (κ2) is 4.48. The first kappa shape index (κ1) is 12.7. The molecule has 3 nitrogen and oxygen atoms in total. The van der Waals surface area contributed by atoms with Crippen molar-refractivity contribution >= 4 is 16.7 Å². The number of nitrogens with zero attached hydrogens (tertiary/aromatic N) is 1. The third-order valence-electron chi connectivity index (χ3n) is 3.57. The van der Waals surface area contributed by atoms with Crippen LogP contribution in [0.3, 0.4) is 0 Å². The van der Waals surface area contributed by atoms with Crippen LogP contribution in [0.25, 0.3) is 10.9 Å². The van der Waals surface area contributed by atoms with Crippen LogP contribution in [-0.2, 0) is 18.3 Å². The molecule has 0 fully saturated rings. The van der Waals surface area contributed by atoms with Crippen LogP contribution < -0.4 is 4.74 Å². The lowest BCUT2D eigenvalue weighted by Crippen LogP contribution is -1.99. The van der Waals surface area contributed by atoms with Crippen LogP contribution >= 0.6 is 0 Å². The van der Waals surface area contributed by atoms with E-state index in [-0.39, 0.29) is 5.78 Å². The Kier molecular flexibility index (Phi) is 3.16. The molecule has 1 aromatic carbocycles. The predicted octanol–water partition coefficient (Wildman–Crippen LogP) is 2.94. The fraction of sp³-hybridized carbons (Fsp3) is 0.400. The number of Topliss-reactive ketones (excluding diaryl/α,β-unsaturated/α-hetero) is 1. The largest absolute Gasteiger partial charge is 0.495 e. The number of ketones is 1. The molecular weight excluding hydrogens is 226 g/mol. The minimum absolute atomic E-state index is 0.188. The Labute approximate surface area is 107 Å². The van der Waals surface area contributed by atoms with Gasteiger partial charge in [0.25, 0.3) is 0 Å².